The van der Waals surface area contributed by atoms with Crippen molar-refractivity contribution < 1.29 is 22.7 Å². The van der Waals surface area contributed by atoms with E-state index in [9.17, 15) is 18.0 Å². The molecular formula is C10H17F3O2S. The molecule has 0 aromatic heterocycles. The quantitative estimate of drug-likeness (QED) is 0.540. The van der Waals surface area contributed by atoms with E-state index in [0.29, 0.717) is 11.5 Å². The maximum atomic E-state index is 11.8. The molecule has 0 atom stereocenters. The van der Waals surface area contributed by atoms with Crippen molar-refractivity contribution in [2.45, 2.75) is 32.9 Å². The van der Waals surface area contributed by atoms with Gasteiger partial charge in [0.2, 0.25) is 0 Å². The fourth-order valence-corrected chi connectivity index (χ4v) is 2.16. The van der Waals surface area contributed by atoms with E-state index < -0.39 is 18.0 Å². The molecule has 0 spiro atoms. The molecule has 0 bridgehead atoms. The van der Waals surface area contributed by atoms with E-state index in [1.807, 2.05) is 0 Å². The van der Waals surface area contributed by atoms with Gasteiger partial charge in [0, 0.05) is 12.2 Å². The van der Waals surface area contributed by atoms with Crippen LogP contribution in [0.25, 0.3) is 0 Å². The highest BCUT2D eigenvalue weighted by atomic mass is 32.2. The smallest absolute Gasteiger partial charge is 0.389 e. The summed E-state index contributed by atoms with van der Waals surface area (Å²) in [5.41, 5.74) is -0.641. The van der Waals surface area contributed by atoms with E-state index in [2.05, 4.69) is 4.74 Å². The SMILES string of the molecule is COC(=O)C(C)(C)CSCCCC(F)(F)F. The topological polar surface area (TPSA) is 26.3 Å². The number of halogens is 3. The summed E-state index contributed by atoms with van der Waals surface area (Å²) in [7, 11) is 1.30. The molecule has 0 aliphatic heterocycles. The summed E-state index contributed by atoms with van der Waals surface area (Å²) in [6, 6.07) is 0. The Hall–Kier alpha value is -0.390. The van der Waals surface area contributed by atoms with Crippen molar-refractivity contribution in [2.24, 2.45) is 5.41 Å². The van der Waals surface area contributed by atoms with Crippen molar-refractivity contribution in [1.29, 1.82) is 0 Å². The molecular weight excluding hydrogens is 241 g/mol. The number of carbonyl (C=O) groups excluding carboxylic acids is 1. The lowest BCUT2D eigenvalue weighted by molar-refractivity contribution is -0.149. The van der Waals surface area contributed by atoms with E-state index in [1.165, 1.54) is 18.9 Å². The molecule has 0 N–H and O–H groups in total. The van der Waals surface area contributed by atoms with Crippen LogP contribution in [0.1, 0.15) is 26.7 Å². The Morgan fingerprint density at radius 1 is 1.31 bits per heavy atom. The minimum Gasteiger partial charge on any atom is -0.469 e. The maximum Gasteiger partial charge on any atom is 0.389 e. The Balaban J connectivity index is 3.70. The van der Waals surface area contributed by atoms with Crippen LogP contribution in [0, 0.1) is 5.41 Å². The van der Waals surface area contributed by atoms with Gasteiger partial charge in [-0.05, 0) is 26.0 Å². The summed E-state index contributed by atoms with van der Waals surface area (Å²) < 4.78 is 40.0. The summed E-state index contributed by atoms with van der Waals surface area (Å²) in [5.74, 6) is 0.535. The number of ether oxygens (including phenoxy) is 1. The first-order valence-corrected chi connectivity index (χ1v) is 6.07. The number of thioether (sulfide) groups is 1. The Morgan fingerprint density at radius 2 is 1.88 bits per heavy atom. The zero-order chi connectivity index (χ0) is 12.8. The van der Waals surface area contributed by atoms with E-state index in [-0.39, 0.29) is 12.4 Å². The number of alkyl halides is 3. The predicted molar refractivity (Wildman–Crippen MR) is 58.4 cm³/mol. The van der Waals surface area contributed by atoms with E-state index in [1.54, 1.807) is 13.8 Å². The zero-order valence-electron chi connectivity index (χ0n) is 9.69. The lowest BCUT2D eigenvalue weighted by atomic mass is 9.97. The van der Waals surface area contributed by atoms with Crippen LogP contribution in [0.2, 0.25) is 0 Å². The van der Waals surface area contributed by atoms with Crippen LogP contribution in [0.4, 0.5) is 13.2 Å². The molecule has 0 aliphatic carbocycles. The average Bonchev–Trinajstić information content (AvgIpc) is 2.14. The molecule has 0 heterocycles. The first-order chi connectivity index (χ1) is 7.19. The highest BCUT2D eigenvalue weighted by molar-refractivity contribution is 7.99. The summed E-state index contributed by atoms with van der Waals surface area (Å²) in [6.45, 7) is 3.44. The summed E-state index contributed by atoms with van der Waals surface area (Å²) in [6.07, 6.45) is -4.76. The van der Waals surface area contributed by atoms with E-state index in [4.69, 9.17) is 0 Å². The largest absolute Gasteiger partial charge is 0.469 e. The van der Waals surface area contributed by atoms with E-state index >= 15 is 0 Å². The molecule has 0 saturated heterocycles. The Kier molecular flexibility index (Phi) is 6.22. The third-order valence-corrected chi connectivity index (χ3v) is 3.45. The number of esters is 1. The van der Waals surface area contributed by atoms with Gasteiger partial charge in [-0.3, -0.25) is 4.79 Å². The van der Waals surface area contributed by atoms with Crippen LogP contribution in [-0.4, -0.2) is 30.8 Å². The molecule has 0 amide bonds. The second-order valence-corrected chi connectivity index (χ2v) is 5.25. The molecule has 6 heteroatoms. The van der Waals surface area contributed by atoms with Crippen molar-refractivity contribution in [3.63, 3.8) is 0 Å². The molecule has 96 valence electrons. The van der Waals surface area contributed by atoms with Crippen molar-refractivity contribution >= 4 is 17.7 Å². The molecule has 0 fully saturated rings. The van der Waals surface area contributed by atoms with Crippen molar-refractivity contribution in [3.05, 3.63) is 0 Å². The van der Waals surface area contributed by atoms with Crippen LogP contribution in [-0.2, 0) is 9.53 Å². The van der Waals surface area contributed by atoms with Gasteiger partial charge < -0.3 is 4.74 Å². The summed E-state index contributed by atoms with van der Waals surface area (Å²) >= 11 is 1.34. The van der Waals surface area contributed by atoms with Gasteiger partial charge in [0.25, 0.3) is 0 Å². The fourth-order valence-electron chi connectivity index (χ4n) is 1.04. The van der Waals surface area contributed by atoms with Gasteiger partial charge in [-0.25, -0.2) is 0 Å². The first kappa shape index (κ1) is 15.6. The van der Waals surface area contributed by atoms with Crippen LogP contribution in [0.3, 0.4) is 0 Å². The van der Waals surface area contributed by atoms with Gasteiger partial charge in [0.15, 0.2) is 0 Å². The number of methoxy groups -OCH3 is 1. The molecule has 0 radical (unpaired) electrons. The predicted octanol–water partition coefficient (Wildman–Crippen LogP) is 3.26. The molecule has 0 unspecified atom stereocenters. The molecule has 0 aromatic rings. The summed E-state index contributed by atoms with van der Waals surface area (Å²) in [5, 5.41) is 0. The zero-order valence-corrected chi connectivity index (χ0v) is 10.5. The monoisotopic (exact) mass is 258 g/mol. The molecule has 0 aliphatic rings. The molecule has 2 nitrogen and oxygen atoms in total. The van der Waals surface area contributed by atoms with E-state index in [0.717, 1.165) is 0 Å². The highest BCUT2D eigenvalue weighted by Crippen LogP contribution is 2.26. The van der Waals surface area contributed by atoms with Gasteiger partial charge in [-0.2, -0.15) is 24.9 Å². The minimum atomic E-state index is -4.08. The molecule has 0 rings (SSSR count). The second-order valence-electron chi connectivity index (χ2n) is 4.15. The Labute approximate surface area is 97.9 Å². The maximum absolute atomic E-state index is 11.8. The molecule has 0 aromatic carbocycles. The van der Waals surface area contributed by atoms with Gasteiger partial charge in [-0.1, -0.05) is 0 Å². The lowest BCUT2D eigenvalue weighted by Gasteiger charge is -2.20. The van der Waals surface area contributed by atoms with Crippen LogP contribution < -0.4 is 0 Å². The Morgan fingerprint density at radius 3 is 2.31 bits per heavy atom. The number of hydrogen-bond donors (Lipinski definition) is 0. The lowest BCUT2D eigenvalue weighted by Crippen LogP contribution is -2.28. The second kappa shape index (κ2) is 6.37. The van der Waals surface area contributed by atoms with Gasteiger partial charge in [0.05, 0.1) is 12.5 Å². The van der Waals surface area contributed by atoms with Gasteiger partial charge in [-0.15, -0.1) is 0 Å². The average molecular weight is 258 g/mol. The Bertz CT molecular complexity index is 227. The standard InChI is InChI=1S/C10H17F3O2S/c1-9(2,8(14)15-3)7-16-6-4-5-10(11,12)13/h4-7H2,1-3H3. The van der Waals surface area contributed by atoms with Crippen LogP contribution >= 0.6 is 11.8 Å². The third-order valence-electron chi connectivity index (χ3n) is 1.95. The van der Waals surface area contributed by atoms with Gasteiger partial charge >= 0.3 is 12.1 Å². The summed E-state index contributed by atoms with van der Waals surface area (Å²) in [4.78, 5) is 11.2. The highest BCUT2D eigenvalue weighted by Gasteiger charge is 2.29. The molecule has 16 heavy (non-hydrogen) atoms. The number of rotatable bonds is 6. The van der Waals surface area contributed by atoms with Crippen LogP contribution in [0.5, 0.6) is 0 Å². The number of hydrogen-bond acceptors (Lipinski definition) is 3. The van der Waals surface area contributed by atoms with Gasteiger partial charge in [0.1, 0.15) is 0 Å². The van der Waals surface area contributed by atoms with Crippen molar-refractivity contribution in [3.8, 4) is 0 Å². The number of carbonyl (C=O) groups is 1. The normalized spacial score (nSPS) is 12.6. The van der Waals surface area contributed by atoms with Crippen molar-refractivity contribution in [2.75, 3.05) is 18.6 Å². The van der Waals surface area contributed by atoms with Crippen molar-refractivity contribution in [1.82, 2.24) is 0 Å². The minimum absolute atomic E-state index is 0.0887. The third kappa shape index (κ3) is 6.98. The first-order valence-electron chi connectivity index (χ1n) is 4.92. The molecule has 0 saturated carbocycles. The van der Waals surface area contributed by atoms with Crippen LogP contribution in [0.15, 0.2) is 0 Å². The fraction of sp³-hybridized carbons (Fsp3) is 0.900.